The Kier molecular flexibility index (Phi) is 4.54. The van der Waals surface area contributed by atoms with Crippen LogP contribution in [0.2, 0.25) is 5.02 Å². The van der Waals surface area contributed by atoms with E-state index in [0.717, 1.165) is 25.1 Å². The lowest BCUT2D eigenvalue weighted by Crippen LogP contribution is -2.26. The van der Waals surface area contributed by atoms with Crippen LogP contribution in [0.3, 0.4) is 0 Å². The number of aryl methyl sites for hydroxylation is 1. The molecule has 4 rings (SSSR count). The molecule has 0 radical (unpaired) electrons. The zero-order chi connectivity index (χ0) is 17.9. The summed E-state index contributed by atoms with van der Waals surface area (Å²) >= 11 is 5.86. The van der Waals surface area contributed by atoms with Crippen molar-refractivity contribution in [3.05, 3.63) is 77.1 Å². The molecule has 0 atom stereocenters. The molecule has 0 fully saturated rings. The Bertz CT molecular complexity index is 925. The highest BCUT2D eigenvalue weighted by atomic mass is 35.5. The minimum Gasteiger partial charge on any atom is -0.322 e. The normalized spacial score (nSPS) is 13.2. The number of para-hydroxylation sites is 1. The largest absolute Gasteiger partial charge is 0.322 e. The van der Waals surface area contributed by atoms with Crippen LogP contribution in [-0.4, -0.2) is 22.4 Å². The summed E-state index contributed by atoms with van der Waals surface area (Å²) in [6.07, 6.45) is 5.24. The number of nitrogens with zero attached hydrogens (tertiary/aromatic N) is 3. The van der Waals surface area contributed by atoms with E-state index < -0.39 is 0 Å². The minimum absolute atomic E-state index is 0.252. The van der Waals surface area contributed by atoms with Crippen LogP contribution in [0.4, 0.5) is 17.3 Å². The van der Waals surface area contributed by atoms with Crippen molar-refractivity contribution in [2.75, 3.05) is 16.8 Å². The monoisotopic (exact) mass is 364 g/mol. The lowest BCUT2D eigenvalue weighted by molar-refractivity contribution is 0.102. The second kappa shape index (κ2) is 7.14. The second-order valence-electron chi connectivity index (χ2n) is 6.12. The number of carbonyl (C=O) groups excluding carboxylic acids is 1. The van der Waals surface area contributed by atoms with Gasteiger partial charge in [0, 0.05) is 35.3 Å². The molecule has 3 aromatic rings. The summed E-state index contributed by atoms with van der Waals surface area (Å²) in [5.74, 6) is 0.359. The van der Waals surface area contributed by atoms with E-state index in [1.807, 2.05) is 12.1 Å². The van der Waals surface area contributed by atoms with E-state index in [4.69, 9.17) is 11.6 Å². The average molecular weight is 365 g/mol. The molecule has 1 N–H and O–H groups in total. The number of hydrogen-bond donors (Lipinski definition) is 1. The molecule has 0 aliphatic carbocycles. The number of rotatable bonds is 3. The van der Waals surface area contributed by atoms with Gasteiger partial charge in [-0.1, -0.05) is 29.8 Å². The Balaban J connectivity index is 1.52. The van der Waals surface area contributed by atoms with Crippen LogP contribution in [0, 0.1) is 0 Å². The quantitative estimate of drug-likeness (QED) is 0.745. The van der Waals surface area contributed by atoms with Gasteiger partial charge in [-0.3, -0.25) is 4.79 Å². The molecule has 2 heterocycles. The first-order valence-electron chi connectivity index (χ1n) is 8.45. The zero-order valence-corrected chi connectivity index (χ0v) is 14.8. The first kappa shape index (κ1) is 16.5. The summed E-state index contributed by atoms with van der Waals surface area (Å²) in [4.78, 5) is 23.3. The van der Waals surface area contributed by atoms with Gasteiger partial charge in [0.2, 0.25) is 5.95 Å². The topological polar surface area (TPSA) is 58.1 Å². The highest BCUT2D eigenvalue weighted by molar-refractivity contribution is 6.30. The van der Waals surface area contributed by atoms with Crippen molar-refractivity contribution in [2.24, 2.45) is 0 Å². The summed E-state index contributed by atoms with van der Waals surface area (Å²) in [6, 6.07) is 15.2. The maximum Gasteiger partial charge on any atom is 0.258 e. The van der Waals surface area contributed by atoms with E-state index in [9.17, 15) is 4.79 Å². The molecular formula is C20H17ClN4O. The van der Waals surface area contributed by atoms with Crippen molar-refractivity contribution < 1.29 is 4.79 Å². The third-order valence-electron chi connectivity index (χ3n) is 4.35. The van der Waals surface area contributed by atoms with E-state index in [0.29, 0.717) is 22.2 Å². The van der Waals surface area contributed by atoms with Gasteiger partial charge in [-0.05, 0) is 48.7 Å². The lowest BCUT2D eigenvalue weighted by atomic mass is 10.0. The third-order valence-corrected chi connectivity index (χ3v) is 4.61. The molecule has 1 aliphatic heterocycles. The predicted molar refractivity (Wildman–Crippen MR) is 103 cm³/mol. The van der Waals surface area contributed by atoms with Crippen molar-refractivity contribution in [1.29, 1.82) is 0 Å². The van der Waals surface area contributed by atoms with Crippen LogP contribution in [0.5, 0.6) is 0 Å². The highest BCUT2D eigenvalue weighted by Crippen LogP contribution is 2.31. The first-order valence-corrected chi connectivity index (χ1v) is 8.83. The van der Waals surface area contributed by atoms with E-state index >= 15 is 0 Å². The molecule has 5 nitrogen and oxygen atoms in total. The van der Waals surface area contributed by atoms with E-state index in [2.05, 4.69) is 32.3 Å². The summed E-state index contributed by atoms with van der Waals surface area (Å²) < 4.78 is 0. The van der Waals surface area contributed by atoms with Gasteiger partial charge in [0.05, 0.1) is 5.56 Å². The summed E-state index contributed by atoms with van der Waals surface area (Å²) in [6.45, 7) is 0.868. The van der Waals surface area contributed by atoms with Gasteiger partial charge >= 0.3 is 0 Å². The average Bonchev–Trinajstić information content (AvgIpc) is 2.69. The van der Waals surface area contributed by atoms with E-state index in [1.54, 1.807) is 36.7 Å². The molecular weight excluding hydrogens is 348 g/mol. The fourth-order valence-corrected chi connectivity index (χ4v) is 3.18. The Morgan fingerprint density at radius 2 is 1.77 bits per heavy atom. The number of anilines is 3. The number of amides is 1. The van der Waals surface area contributed by atoms with E-state index in [-0.39, 0.29) is 5.91 Å². The Morgan fingerprint density at radius 3 is 2.54 bits per heavy atom. The van der Waals surface area contributed by atoms with Gasteiger partial charge < -0.3 is 10.2 Å². The number of hydrogen-bond acceptors (Lipinski definition) is 4. The molecule has 6 heteroatoms. The van der Waals surface area contributed by atoms with E-state index in [1.165, 1.54) is 5.56 Å². The number of nitrogens with one attached hydrogen (secondary N) is 1. The van der Waals surface area contributed by atoms with Gasteiger partial charge in [-0.25, -0.2) is 9.97 Å². The Labute approximate surface area is 156 Å². The maximum atomic E-state index is 12.3. The van der Waals surface area contributed by atoms with Crippen LogP contribution < -0.4 is 10.2 Å². The first-order chi connectivity index (χ1) is 12.7. The standard InChI is InChI=1S/C20H17ClN4O/c21-16-7-9-17(10-8-16)24-19(26)15-12-22-20(23-13-15)25-11-3-5-14-4-1-2-6-18(14)25/h1-2,4,6-10,12-13H,3,5,11H2,(H,24,26). The van der Waals surface area contributed by atoms with Crippen molar-refractivity contribution in [1.82, 2.24) is 9.97 Å². The summed E-state index contributed by atoms with van der Waals surface area (Å²) in [5.41, 5.74) is 3.52. The van der Waals surface area contributed by atoms with Crippen molar-refractivity contribution in [3.63, 3.8) is 0 Å². The zero-order valence-electron chi connectivity index (χ0n) is 14.0. The highest BCUT2D eigenvalue weighted by Gasteiger charge is 2.20. The predicted octanol–water partition coefficient (Wildman–Crippen LogP) is 4.47. The van der Waals surface area contributed by atoms with Crippen LogP contribution in [0.1, 0.15) is 22.3 Å². The Morgan fingerprint density at radius 1 is 1.04 bits per heavy atom. The minimum atomic E-state index is -0.252. The molecule has 1 amide bonds. The molecule has 0 bridgehead atoms. The van der Waals surface area contributed by atoms with Crippen molar-refractivity contribution in [2.45, 2.75) is 12.8 Å². The molecule has 0 unspecified atom stereocenters. The number of aromatic nitrogens is 2. The fourth-order valence-electron chi connectivity index (χ4n) is 3.06. The van der Waals surface area contributed by atoms with Crippen molar-refractivity contribution >= 4 is 34.8 Å². The van der Waals surface area contributed by atoms with Gasteiger partial charge in [0.25, 0.3) is 5.91 Å². The SMILES string of the molecule is O=C(Nc1ccc(Cl)cc1)c1cnc(N2CCCc3ccccc32)nc1. The van der Waals surface area contributed by atoms with Gasteiger partial charge in [0.15, 0.2) is 0 Å². The summed E-state index contributed by atoms with van der Waals surface area (Å²) in [7, 11) is 0. The number of benzene rings is 2. The number of halogens is 1. The van der Waals surface area contributed by atoms with Gasteiger partial charge in [-0.2, -0.15) is 0 Å². The van der Waals surface area contributed by atoms with Crippen LogP contribution in [0.15, 0.2) is 60.9 Å². The lowest BCUT2D eigenvalue weighted by Gasteiger charge is -2.29. The number of carbonyl (C=O) groups is 1. The third kappa shape index (κ3) is 3.39. The van der Waals surface area contributed by atoms with Crippen molar-refractivity contribution in [3.8, 4) is 0 Å². The summed E-state index contributed by atoms with van der Waals surface area (Å²) in [5, 5.41) is 3.43. The molecule has 0 saturated carbocycles. The molecule has 0 saturated heterocycles. The molecule has 130 valence electrons. The van der Waals surface area contributed by atoms with Gasteiger partial charge in [0.1, 0.15) is 0 Å². The molecule has 0 spiro atoms. The van der Waals surface area contributed by atoms with Crippen LogP contribution >= 0.6 is 11.6 Å². The molecule has 26 heavy (non-hydrogen) atoms. The fraction of sp³-hybridized carbons (Fsp3) is 0.150. The molecule has 1 aliphatic rings. The van der Waals surface area contributed by atoms with Gasteiger partial charge in [-0.15, -0.1) is 0 Å². The van der Waals surface area contributed by atoms with Crippen LogP contribution in [-0.2, 0) is 6.42 Å². The molecule has 2 aromatic carbocycles. The molecule has 1 aromatic heterocycles. The smallest absolute Gasteiger partial charge is 0.258 e. The maximum absolute atomic E-state index is 12.3. The second-order valence-corrected chi connectivity index (χ2v) is 6.55. The van der Waals surface area contributed by atoms with Crippen LogP contribution in [0.25, 0.3) is 0 Å². The number of fused-ring (bicyclic) bond motifs is 1. The Hall–Kier alpha value is -2.92.